The summed E-state index contributed by atoms with van der Waals surface area (Å²) in [5.41, 5.74) is 5.63. The zero-order valence-electron chi connectivity index (χ0n) is 18.3. The van der Waals surface area contributed by atoms with Gasteiger partial charge in [0.1, 0.15) is 18.1 Å². The number of carboxylic acid groups (broad SMARTS) is 2. The molecule has 0 aromatic carbocycles. The highest BCUT2D eigenvalue weighted by molar-refractivity contribution is 7.80. The summed E-state index contributed by atoms with van der Waals surface area (Å²) >= 11 is 3.95. The largest absolute Gasteiger partial charge is 0.481 e. The van der Waals surface area contributed by atoms with Crippen LogP contribution in [0.5, 0.6) is 0 Å². The van der Waals surface area contributed by atoms with E-state index in [1.54, 1.807) is 13.8 Å². The van der Waals surface area contributed by atoms with Gasteiger partial charge >= 0.3 is 11.9 Å². The highest BCUT2D eigenvalue weighted by atomic mass is 32.1. The molecule has 0 aromatic heterocycles. The van der Waals surface area contributed by atoms with Gasteiger partial charge in [0.25, 0.3) is 0 Å². The molecule has 0 bridgehead atoms. The fourth-order valence-electron chi connectivity index (χ4n) is 2.64. The molecule has 3 amide bonds. The smallest absolute Gasteiger partial charge is 0.326 e. The normalized spacial score (nSPS) is 15.0. The highest BCUT2D eigenvalue weighted by Gasteiger charge is 2.31. The van der Waals surface area contributed by atoms with E-state index in [1.807, 2.05) is 13.8 Å². The van der Waals surface area contributed by atoms with Crippen LogP contribution in [0.25, 0.3) is 0 Å². The summed E-state index contributed by atoms with van der Waals surface area (Å²) in [7, 11) is 0. The van der Waals surface area contributed by atoms with Gasteiger partial charge in [-0.15, -0.1) is 0 Å². The minimum absolute atomic E-state index is 0.00639. The van der Waals surface area contributed by atoms with Crippen LogP contribution in [0.3, 0.4) is 0 Å². The van der Waals surface area contributed by atoms with Gasteiger partial charge < -0.3 is 31.9 Å². The van der Waals surface area contributed by atoms with Crippen LogP contribution in [0, 0.1) is 11.8 Å². The Morgan fingerprint density at radius 3 is 1.81 bits per heavy atom. The van der Waals surface area contributed by atoms with E-state index >= 15 is 0 Å². The zero-order chi connectivity index (χ0) is 24.3. The summed E-state index contributed by atoms with van der Waals surface area (Å²) in [6, 6.07) is -4.45. The van der Waals surface area contributed by atoms with Gasteiger partial charge in [0.05, 0.1) is 6.04 Å². The summed E-state index contributed by atoms with van der Waals surface area (Å²) in [6.07, 6.45) is -0.437. The van der Waals surface area contributed by atoms with E-state index in [0.29, 0.717) is 0 Å². The van der Waals surface area contributed by atoms with Gasteiger partial charge in [-0.3, -0.25) is 19.2 Å². The first-order chi connectivity index (χ1) is 14.3. The van der Waals surface area contributed by atoms with Crippen molar-refractivity contribution in [1.29, 1.82) is 0 Å². The summed E-state index contributed by atoms with van der Waals surface area (Å²) in [5.74, 6) is -4.91. The molecule has 0 rings (SSSR count). The van der Waals surface area contributed by atoms with Crippen molar-refractivity contribution in [2.75, 3.05) is 5.75 Å². The minimum Gasteiger partial charge on any atom is -0.481 e. The maximum absolute atomic E-state index is 12.8. The Bertz CT molecular complexity index is 657. The van der Waals surface area contributed by atoms with Crippen LogP contribution >= 0.6 is 12.6 Å². The Hall–Kier alpha value is -2.34. The summed E-state index contributed by atoms with van der Waals surface area (Å²) in [5, 5.41) is 25.5. The van der Waals surface area contributed by atoms with E-state index < -0.39 is 66.2 Å². The van der Waals surface area contributed by atoms with Gasteiger partial charge in [-0.2, -0.15) is 12.6 Å². The molecule has 4 unspecified atom stereocenters. The molecular weight excluding hydrogens is 428 g/mol. The lowest BCUT2D eigenvalue weighted by Gasteiger charge is -2.26. The average molecular weight is 463 g/mol. The number of nitrogens with two attached hydrogens (primary N) is 1. The second-order valence-electron chi connectivity index (χ2n) is 8.04. The predicted molar refractivity (Wildman–Crippen MR) is 116 cm³/mol. The quantitative estimate of drug-likeness (QED) is 0.166. The number of hydrogen-bond acceptors (Lipinski definition) is 7. The first kappa shape index (κ1) is 28.7. The molecule has 178 valence electrons. The van der Waals surface area contributed by atoms with Gasteiger partial charge in [0, 0.05) is 12.2 Å². The fraction of sp³-hybridized carbons (Fsp3) is 0.737. The lowest BCUT2D eigenvalue weighted by Crippen LogP contribution is -2.58. The number of carbonyl (C=O) groups is 5. The molecule has 0 spiro atoms. The Labute approximate surface area is 187 Å². The number of amides is 3. The lowest BCUT2D eigenvalue weighted by molar-refractivity contribution is -0.144. The van der Waals surface area contributed by atoms with Crippen molar-refractivity contribution in [3.8, 4) is 0 Å². The number of carboxylic acids is 2. The van der Waals surface area contributed by atoms with Crippen LogP contribution in [-0.2, 0) is 24.0 Å². The molecule has 0 fully saturated rings. The molecule has 4 atom stereocenters. The molecule has 0 radical (unpaired) electrons. The van der Waals surface area contributed by atoms with E-state index in [1.165, 1.54) is 0 Å². The molecule has 0 aliphatic heterocycles. The third kappa shape index (κ3) is 11.0. The van der Waals surface area contributed by atoms with Crippen LogP contribution in [0.4, 0.5) is 0 Å². The minimum atomic E-state index is -1.30. The molecular formula is C19H34N4O7S. The maximum Gasteiger partial charge on any atom is 0.326 e. The Morgan fingerprint density at radius 1 is 0.871 bits per heavy atom. The summed E-state index contributed by atoms with van der Waals surface area (Å²) in [4.78, 5) is 59.9. The SMILES string of the molecule is CC(C)CC(NC(=O)C(N)CS)C(=O)NC(CCC(=O)O)C(=O)NC(C(=O)O)C(C)C. The average Bonchev–Trinajstić information content (AvgIpc) is 2.66. The maximum atomic E-state index is 12.8. The van der Waals surface area contributed by atoms with Crippen LogP contribution in [0.2, 0.25) is 0 Å². The topological polar surface area (TPSA) is 188 Å². The summed E-state index contributed by atoms with van der Waals surface area (Å²) in [6.45, 7) is 6.87. The van der Waals surface area contributed by atoms with Crippen molar-refractivity contribution < 1.29 is 34.2 Å². The number of aliphatic carboxylic acids is 2. The molecule has 0 aliphatic rings. The van der Waals surface area contributed by atoms with Crippen LogP contribution in [0.1, 0.15) is 47.0 Å². The third-order valence-corrected chi connectivity index (χ3v) is 4.78. The molecule has 0 heterocycles. The predicted octanol–water partition coefficient (Wildman–Crippen LogP) is -0.651. The van der Waals surface area contributed by atoms with E-state index in [9.17, 15) is 29.1 Å². The second-order valence-corrected chi connectivity index (χ2v) is 8.41. The molecule has 0 saturated heterocycles. The van der Waals surface area contributed by atoms with Crippen molar-refractivity contribution in [3.05, 3.63) is 0 Å². The Morgan fingerprint density at radius 2 is 1.39 bits per heavy atom. The van der Waals surface area contributed by atoms with Crippen molar-refractivity contribution >= 4 is 42.3 Å². The molecule has 0 saturated carbocycles. The number of rotatable bonds is 14. The summed E-state index contributed by atoms with van der Waals surface area (Å²) < 4.78 is 0. The number of hydrogen-bond donors (Lipinski definition) is 7. The molecule has 11 nitrogen and oxygen atoms in total. The standard InChI is InChI=1S/C19H34N4O7S/c1-9(2)7-13(22-16(26)11(20)8-31)18(28)21-12(5-6-14(24)25)17(27)23-15(10(3)4)19(29)30/h9-13,15,31H,5-8,20H2,1-4H3,(H,21,28)(H,22,26)(H,23,27)(H,24,25)(H,29,30). The van der Waals surface area contributed by atoms with Crippen molar-refractivity contribution in [2.24, 2.45) is 17.6 Å². The third-order valence-electron chi connectivity index (χ3n) is 4.38. The van der Waals surface area contributed by atoms with Crippen LogP contribution < -0.4 is 21.7 Å². The van der Waals surface area contributed by atoms with Gasteiger partial charge in [-0.1, -0.05) is 27.7 Å². The van der Waals surface area contributed by atoms with Crippen LogP contribution in [0.15, 0.2) is 0 Å². The molecule has 12 heteroatoms. The fourth-order valence-corrected chi connectivity index (χ4v) is 2.81. The van der Waals surface area contributed by atoms with E-state index in [4.69, 9.17) is 10.8 Å². The van der Waals surface area contributed by atoms with E-state index in [0.717, 1.165) is 0 Å². The lowest BCUT2D eigenvalue weighted by atomic mass is 10.0. The first-order valence-electron chi connectivity index (χ1n) is 10.0. The molecule has 0 aromatic rings. The van der Waals surface area contributed by atoms with Crippen molar-refractivity contribution in [1.82, 2.24) is 16.0 Å². The Kier molecular flexibility index (Phi) is 12.8. The second kappa shape index (κ2) is 13.9. The monoisotopic (exact) mass is 462 g/mol. The van der Waals surface area contributed by atoms with E-state index in [-0.39, 0.29) is 24.5 Å². The van der Waals surface area contributed by atoms with Gasteiger partial charge in [-0.05, 0) is 24.7 Å². The molecule has 31 heavy (non-hydrogen) atoms. The van der Waals surface area contributed by atoms with Crippen LogP contribution in [-0.4, -0.2) is 69.8 Å². The number of thiol groups is 1. The van der Waals surface area contributed by atoms with Gasteiger partial charge in [0.15, 0.2) is 0 Å². The number of nitrogens with one attached hydrogen (secondary N) is 3. The molecule has 0 aliphatic carbocycles. The van der Waals surface area contributed by atoms with Gasteiger partial charge in [-0.25, -0.2) is 4.79 Å². The highest BCUT2D eigenvalue weighted by Crippen LogP contribution is 2.09. The molecule has 7 N–H and O–H groups in total. The number of carbonyl (C=O) groups excluding carboxylic acids is 3. The first-order valence-corrected chi connectivity index (χ1v) is 10.6. The van der Waals surface area contributed by atoms with Crippen molar-refractivity contribution in [3.63, 3.8) is 0 Å². The van der Waals surface area contributed by atoms with E-state index in [2.05, 4.69) is 28.6 Å². The van der Waals surface area contributed by atoms with Gasteiger partial charge in [0.2, 0.25) is 17.7 Å². The van der Waals surface area contributed by atoms with Crippen molar-refractivity contribution in [2.45, 2.75) is 71.1 Å². The Balaban J connectivity index is 5.52. The zero-order valence-corrected chi connectivity index (χ0v) is 19.1.